The van der Waals surface area contributed by atoms with E-state index in [0.29, 0.717) is 13.1 Å². The van der Waals surface area contributed by atoms with Crippen molar-refractivity contribution in [3.8, 4) is 0 Å². The summed E-state index contributed by atoms with van der Waals surface area (Å²) in [4.78, 5) is 13.4. The number of furan rings is 1. The zero-order valence-corrected chi connectivity index (χ0v) is 12.8. The summed E-state index contributed by atoms with van der Waals surface area (Å²) in [7, 11) is 0. The van der Waals surface area contributed by atoms with E-state index in [4.69, 9.17) is 10.2 Å². The van der Waals surface area contributed by atoms with Gasteiger partial charge in [-0.3, -0.25) is 9.69 Å². The highest BCUT2D eigenvalue weighted by atomic mass is 35.5. The monoisotopic (exact) mass is 325 g/mol. The summed E-state index contributed by atoms with van der Waals surface area (Å²) in [5.74, 6) is 1.41. The van der Waals surface area contributed by atoms with Gasteiger partial charge < -0.3 is 22.6 Å². The van der Waals surface area contributed by atoms with Gasteiger partial charge in [0.25, 0.3) is 0 Å². The van der Waals surface area contributed by atoms with Crippen LogP contribution in [0.3, 0.4) is 0 Å². The first-order chi connectivity index (χ1) is 10.2. The second-order valence-electron chi connectivity index (χ2n) is 5.28. The molecule has 2 aromatic rings. The maximum absolute atomic E-state index is 11.2. The second kappa shape index (κ2) is 7.37. The number of halogens is 1. The average molecular weight is 326 g/mol. The van der Waals surface area contributed by atoms with Gasteiger partial charge in [-0.25, -0.2) is 4.68 Å². The van der Waals surface area contributed by atoms with Crippen LogP contribution in [0.5, 0.6) is 0 Å². The van der Waals surface area contributed by atoms with Crippen LogP contribution in [-0.4, -0.2) is 44.1 Å². The van der Waals surface area contributed by atoms with Crippen molar-refractivity contribution in [1.82, 2.24) is 25.1 Å². The van der Waals surface area contributed by atoms with Crippen LogP contribution >= 0.6 is 0 Å². The summed E-state index contributed by atoms with van der Waals surface area (Å²) in [5, 5.41) is 11.8. The first kappa shape index (κ1) is 16.4. The van der Waals surface area contributed by atoms with E-state index in [2.05, 4.69) is 20.4 Å². The molecule has 22 heavy (non-hydrogen) atoms. The molecule has 3 rings (SSSR count). The molecule has 0 aliphatic carbocycles. The number of hydrogen-bond donors (Lipinski definition) is 1. The van der Waals surface area contributed by atoms with Gasteiger partial charge in [-0.2, -0.15) is 0 Å². The molecule has 0 aromatic carbocycles. The fourth-order valence-electron chi connectivity index (χ4n) is 2.59. The van der Waals surface area contributed by atoms with Gasteiger partial charge in [0.2, 0.25) is 5.91 Å². The Bertz CT molecular complexity index is 591. The van der Waals surface area contributed by atoms with Crippen LogP contribution in [0, 0.1) is 5.92 Å². The van der Waals surface area contributed by atoms with Crippen LogP contribution in [0.1, 0.15) is 24.4 Å². The molecule has 3 heterocycles. The molecule has 9 heteroatoms. The zero-order chi connectivity index (χ0) is 14.7. The summed E-state index contributed by atoms with van der Waals surface area (Å²) in [5.41, 5.74) is 5.34. The fraction of sp³-hybridized carbons (Fsp3) is 0.538. The van der Waals surface area contributed by atoms with E-state index in [1.165, 1.54) is 0 Å². The van der Waals surface area contributed by atoms with Gasteiger partial charge in [0.15, 0.2) is 5.82 Å². The highest BCUT2D eigenvalue weighted by molar-refractivity contribution is 5.76. The quantitative estimate of drug-likeness (QED) is 0.629. The van der Waals surface area contributed by atoms with E-state index in [1.807, 2.05) is 12.1 Å². The van der Waals surface area contributed by atoms with Gasteiger partial charge in [0, 0.05) is 5.92 Å². The van der Waals surface area contributed by atoms with Crippen molar-refractivity contribution < 1.29 is 21.6 Å². The number of nitrogens with two attached hydrogens (primary N) is 1. The number of amides is 1. The molecule has 1 aliphatic heterocycles. The fourth-order valence-corrected chi connectivity index (χ4v) is 2.59. The molecular formula is C13H18ClN6O2-. The number of hydrogen-bond acceptors (Lipinski definition) is 6. The van der Waals surface area contributed by atoms with Gasteiger partial charge in [-0.15, -0.1) is 5.10 Å². The number of likely N-dealkylation sites (tertiary alicyclic amines) is 1. The smallest absolute Gasteiger partial charge is 0.220 e. The van der Waals surface area contributed by atoms with Crippen LogP contribution in [0.15, 0.2) is 22.8 Å². The van der Waals surface area contributed by atoms with Crippen molar-refractivity contribution in [1.29, 1.82) is 0 Å². The van der Waals surface area contributed by atoms with Gasteiger partial charge in [0.05, 0.1) is 12.8 Å². The molecule has 0 saturated carbocycles. The average Bonchev–Trinajstić information content (AvgIpc) is 3.13. The molecule has 1 saturated heterocycles. The Hall–Kier alpha value is -1.93. The summed E-state index contributed by atoms with van der Waals surface area (Å²) in [6, 6.07) is 3.73. The van der Waals surface area contributed by atoms with Crippen LogP contribution in [0.4, 0.5) is 0 Å². The molecule has 0 atom stereocenters. The third-order valence-corrected chi connectivity index (χ3v) is 3.85. The number of tetrazole rings is 1. The lowest BCUT2D eigenvalue weighted by Gasteiger charge is -2.29. The Morgan fingerprint density at radius 2 is 2.14 bits per heavy atom. The molecule has 0 radical (unpaired) electrons. The molecule has 2 N–H and O–H groups in total. The minimum Gasteiger partial charge on any atom is -1.00 e. The molecule has 120 valence electrons. The lowest BCUT2D eigenvalue weighted by atomic mass is 9.96. The molecule has 8 nitrogen and oxygen atoms in total. The van der Waals surface area contributed by atoms with Crippen LogP contribution in [-0.2, 0) is 17.9 Å². The Labute approximate surface area is 134 Å². The topological polar surface area (TPSA) is 103 Å². The minimum atomic E-state index is -0.197. The predicted octanol–water partition coefficient (Wildman–Crippen LogP) is -2.98. The Kier molecular flexibility index (Phi) is 5.51. The van der Waals surface area contributed by atoms with Gasteiger partial charge in [-0.1, -0.05) is 0 Å². The Balaban J connectivity index is 0.00000176. The van der Waals surface area contributed by atoms with Crippen LogP contribution in [0.25, 0.3) is 0 Å². The van der Waals surface area contributed by atoms with Gasteiger partial charge >= 0.3 is 0 Å². The third kappa shape index (κ3) is 3.83. The molecular weight excluding hydrogens is 308 g/mol. The second-order valence-corrected chi connectivity index (χ2v) is 5.28. The minimum absolute atomic E-state index is 0. The van der Waals surface area contributed by atoms with Crippen molar-refractivity contribution >= 4 is 5.91 Å². The van der Waals surface area contributed by atoms with Crippen molar-refractivity contribution in [2.24, 2.45) is 11.7 Å². The molecule has 0 bridgehead atoms. The summed E-state index contributed by atoms with van der Waals surface area (Å²) in [6.45, 7) is 2.86. The van der Waals surface area contributed by atoms with Crippen molar-refractivity contribution in [3.63, 3.8) is 0 Å². The number of primary amides is 1. The number of carbonyl (C=O) groups excluding carboxylic acids is 1. The van der Waals surface area contributed by atoms with Gasteiger partial charge in [0.1, 0.15) is 12.3 Å². The lowest BCUT2D eigenvalue weighted by Crippen LogP contribution is -3.00. The number of rotatable bonds is 5. The summed E-state index contributed by atoms with van der Waals surface area (Å²) < 4.78 is 7.05. The maximum Gasteiger partial charge on any atom is 0.220 e. The summed E-state index contributed by atoms with van der Waals surface area (Å²) >= 11 is 0. The van der Waals surface area contributed by atoms with E-state index in [0.717, 1.165) is 37.5 Å². The lowest BCUT2D eigenvalue weighted by molar-refractivity contribution is -0.123. The first-order valence-electron chi connectivity index (χ1n) is 7.01. The largest absolute Gasteiger partial charge is 1.00 e. The summed E-state index contributed by atoms with van der Waals surface area (Å²) in [6.07, 6.45) is 3.23. The first-order valence-corrected chi connectivity index (χ1v) is 7.01. The number of nitrogens with zero attached hydrogens (tertiary/aromatic N) is 5. The molecule has 0 spiro atoms. The van der Waals surface area contributed by atoms with E-state index >= 15 is 0 Å². The highest BCUT2D eigenvalue weighted by Crippen LogP contribution is 2.18. The Morgan fingerprint density at radius 1 is 1.36 bits per heavy atom. The SMILES string of the molecule is NC(=O)C1CCN(Cc2nnnn2Cc2ccco2)CC1.[Cl-]. The van der Waals surface area contributed by atoms with E-state index < -0.39 is 0 Å². The molecule has 1 fully saturated rings. The standard InChI is InChI=1S/C13H18N6O2.ClH/c14-13(20)10-3-5-18(6-4-10)9-12-15-16-17-19(12)8-11-2-1-7-21-11;/h1-2,7,10H,3-6,8-9H2,(H2,14,20);1H/p-1. The highest BCUT2D eigenvalue weighted by Gasteiger charge is 2.24. The van der Waals surface area contributed by atoms with E-state index in [-0.39, 0.29) is 24.2 Å². The number of piperidine rings is 1. The molecule has 1 aliphatic rings. The maximum atomic E-state index is 11.2. The predicted molar refractivity (Wildman–Crippen MR) is 72.8 cm³/mol. The van der Waals surface area contributed by atoms with Crippen molar-refractivity contribution in [2.45, 2.75) is 25.9 Å². The normalized spacial score (nSPS) is 16.4. The third-order valence-electron chi connectivity index (χ3n) is 3.85. The Morgan fingerprint density at radius 3 is 2.77 bits per heavy atom. The number of aromatic nitrogens is 4. The molecule has 0 unspecified atom stereocenters. The molecule has 2 aromatic heterocycles. The van der Waals surface area contributed by atoms with E-state index in [9.17, 15) is 4.79 Å². The van der Waals surface area contributed by atoms with Crippen molar-refractivity contribution in [2.75, 3.05) is 13.1 Å². The van der Waals surface area contributed by atoms with Crippen LogP contribution in [0.2, 0.25) is 0 Å². The van der Waals surface area contributed by atoms with Crippen molar-refractivity contribution in [3.05, 3.63) is 30.0 Å². The van der Waals surface area contributed by atoms with Crippen LogP contribution < -0.4 is 18.1 Å². The number of carbonyl (C=O) groups is 1. The zero-order valence-electron chi connectivity index (χ0n) is 12.1. The van der Waals surface area contributed by atoms with E-state index in [1.54, 1.807) is 10.9 Å². The molecule has 1 amide bonds. The van der Waals surface area contributed by atoms with Gasteiger partial charge in [-0.05, 0) is 48.5 Å².